The molecule has 2 heterocycles. The van der Waals surface area contributed by atoms with E-state index in [0.29, 0.717) is 22.8 Å². The van der Waals surface area contributed by atoms with Crippen molar-refractivity contribution in [1.82, 2.24) is 4.90 Å². The number of Topliss-reactive ketones (excluding diaryl/α,β-unsaturated/α-hetero) is 1. The summed E-state index contributed by atoms with van der Waals surface area (Å²) in [4.78, 5) is 28.2. The highest BCUT2D eigenvalue weighted by molar-refractivity contribution is 6.46. The number of aliphatic hydroxyl groups is 1. The van der Waals surface area contributed by atoms with Crippen LogP contribution in [0.2, 0.25) is 0 Å². The minimum atomic E-state index is -0.686. The molecule has 2 aliphatic heterocycles. The van der Waals surface area contributed by atoms with Gasteiger partial charge in [0.05, 0.1) is 17.7 Å². The Morgan fingerprint density at radius 3 is 2.58 bits per heavy atom. The fourth-order valence-corrected chi connectivity index (χ4v) is 4.97. The zero-order valence-corrected chi connectivity index (χ0v) is 18.7. The second-order valence-electron chi connectivity index (χ2n) is 8.95. The van der Waals surface area contributed by atoms with E-state index in [-0.39, 0.29) is 30.3 Å². The van der Waals surface area contributed by atoms with Crippen molar-refractivity contribution in [2.45, 2.75) is 57.7 Å². The standard InChI is InChI=1S/C26H27NO6/c1-15(2)33-19-9-5-6-16(12-19)23-22(25(29)26(30)27(23)18-7-3-4-8-18)24(28)17-10-11-20-21(13-17)32-14-31-20/h5-6,9-13,15,18,23,28H,3-4,7-8,14H2,1-2H3/b24-22-. The number of benzene rings is 2. The molecule has 1 saturated heterocycles. The first-order chi connectivity index (χ1) is 15.9. The van der Waals surface area contributed by atoms with Crippen LogP contribution in [0.15, 0.2) is 48.0 Å². The number of fused-ring (bicyclic) bond motifs is 1. The van der Waals surface area contributed by atoms with Gasteiger partial charge in [0.25, 0.3) is 11.7 Å². The maximum absolute atomic E-state index is 13.3. The Morgan fingerprint density at radius 1 is 1.06 bits per heavy atom. The number of hydrogen-bond acceptors (Lipinski definition) is 6. The van der Waals surface area contributed by atoms with E-state index in [1.54, 1.807) is 23.1 Å². The molecular weight excluding hydrogens is 422 g/mol. The van der Waals surface area contributed by atoms with Gasteiger partial charge in [-0.3, -0.25) is 9.59 Å². The van der Waals surface area contributed by atoms with E-state index in [1.165, 1.54) is 0 Å². The molecule has 3 aliphatic rings. The molecule has 33 heavy (non-hydrogen) atoms. The van der Waals surface area contributed by atoms with Crippen molar-refractivity contribution in [3.63, 3.8) is 0 Å². The Kier molecular flexibility index (Phi) is 5.48. The lowest BCUT2D eigenvalue weighted by molar-refractivity contribution is -0.141. The summed E-state index contributed by atoms with van der Waals surface area (Å²) in [5, 5.41) is 11.3. The number of ether oxygens (including phenoxy) is 3. The normalized spacial score (nSPS) is 21.9. The maximum atomic E-state index is 13.3. The van der Waals surface area contributed by atoms with Crippen LogP contribution in [-0.4, -0.2) is 40.6 Å². The molecule has 5 rings (SSSR count). The lowest BCUT2D eigenvalue weighted by Gasteiger charge is -2.31. The summed E-state index contributed by atoms with van der Waals surface area (Å²) < 4.78 is 16.6. The zero-order valence-electron chi connectivity index (χ0n) is 18.7. The molecule has 1 aliphatic carbocycles. The molecule has 0 radical (unpaired) electrons. The van der Waals surface area contributed by atoms with Gasteiger partial charge >= 0.3 is 0 Å². The van der Waals surface area contributed by atoms with Gasteiger partial charge in [-0.25, -0.2) is 0 Å². The molecule has 1 saturated carbocycles. The van der Waals surface area contributed by atoms with Crippen LogP contribution in [-0.2, 0) is 9.59 Å². The Hall–Kier alpha value is -3.48. The van der Waals surface area contributed by atoms with Crippen LogP contribution >= 0.6 is 0 Å². The van der Waals surface area contributed by atoms with Gasteiger partial charge in [0.2, 0.25) is 6.79 Å². The minimum absolute atomic E-state index is 0.0184. The SMILES string of the molecule is CC(C)Oc1cccc(C2/C(=C(/O)c3ccc4c(c3)OCO4)C(=O)C(=O)N2C2CCCC2)c1. The molecule has 0 spiro atoms. The third-order valence-electron chi connectivity index (χ3n) is 6.39. The van der Waals surface area contributed by atoms with Crippen LogP contribution in [0.4, 0.5) is 0 Å². The summed E-state index contributed by atoms with van der Waals surface area (Å²) in [7, 11) is 0. The van der Waals surface area contributed by atoms with E-state index in [0.717, 1.165) is 31.2 Å². The number of amides is 1. The van der Waals surface area contributed by atoms with E-state index < -0.39 is 17.7 Å². The first-order valence-electron chi connectivity index (χ1n) is 11.4. The average Bonchev–Trinajstić information content (AvgIpc) is 3.53. The van der Waals surface area contributed by atoms with Crippen LogP contribution in [0.5, 0.6) is 17.2 Å². The van der Waals surface area contributed by atoms with Crippen molar-refractivity contribution in [2.75, 3.05) is 6.79 Å². The molecular formula is C26H27NO6. The lowest BCUT2D eigenvalue weighted by Crippen LogP contribution is -2.37. The summed E-state index contributed by atoms with van der Waals surface area (Å²) in [6, 6.07) is 11.7. The van der Waals surface area contributed by atoms with Crippen molar-refractivity contribution < 1.29 is 28.9 Å². The number of ketones is 1. The first kappa shape index (κ1) is 21.4. The molecule has 2 aromatic carbocycles. The molecule has 172 valence electrons. The van der Waals surface area contributed by atoms with Crippen LogP contribution in [0.1, 0.15) is 56.7 Å². The predicted molar refractivity (Wildman–Crippen MR) is 121 cm³/mol. The highest BCUT2D eigenvalue weighted by atomic mass is 16.7. The second-order valence-corrected chi connectivity index (χ2v) is 8.95. The van der Waals surface area contributed by atoms with Crippen molar-refractivity contribution in [3.8, 4) is 17.2 Å². The van der Waals surface area contributed by atoms with Crippen molar-refractivity contribution in [2.24, 2.45) is 0 Å². The summed E-state index contributed by atoms with van der Waals surface area (Å²) in [5.41, 5.74) is 1.23. The summed E-state index contributed by atoms with van der Waals surface area (Å²) in [5.74, 6) is 0.275. The van der Waals surface area contributed by atoms with Gasteiger partial charge in [-0.2, -0.15) is 0 Å². The summed E-state index contributed by atoms with van der Waals surface area (Å²) in [6.45, 7) is 3.99. The van der Waals surface area contributed by atoms with Crippen molar-refractivity contribution in [3.05, 3.63) is 59.2 Å². The average molecular weight is 450 g/mol. The Morgan fingerprint density at radius 2 is 1.82 bits per heavy atom. The van der Waals surface area contributed by atoms with Gasteiger partial charge in [0, 0.05) is 11.6 Å². The van der Waals surface area contributed by atoms with Crippen molar-refractivity contribution >= 4 is 17.4 Å². The van der Waals surface area contributed by atoms with Gasteiger partial charge < -0.3 is 24.2 Å². The second kappa shape index (κ2) is 8.46. The van der Waals surface area contributed by atoms with E-state index in [9.17, 15) is 14.7 Å². The molecule has 0 bridgehead atoms. The number of aliphatic hydroxyl groups excluding tert-OH is 1. The third kappa shape index (κ3) is 3.81. The molecule has 7 nitrogen and oxygen atoms in total. The molecule has 1 amide bonds. The number of hydrogen-bond donors (Lipinski definition) is 1. The quantitative estimate of drug-likeness (QED) is 0.409. The van der Waals surface area contributed by atoms with Crippen LogP contribution in [0.25, 0.3) is 5.76 Å². The zero-order chi connectivity index (χ0) is 23.1. The first-order valence-corrected chi connectivity index (χ1v) is 11.4. The van der Waals surface area contributed by atoms with E-state index in [1.807, 2.05) is 38.1 Å². The van der Waals surface area contributed by atoms with Gasteiger partial charge in [-0.15, -0.1) is 0 Å². The maximum Gasteiger partial charge on any atom is 0.295 e. The Bertz CT molecular complexity index is 1130. The van der Waals surface area contributed by atoms with Crippen LogP contribution in [0.3, 0.4) is 0 Å². The molecule has 1 atom stereocenters. The predicted octanol–water partition coefficient (Wildman–Crippen LogP) is 4.57. The third-order valence-corrected chi connectivity index (χ3v) is 6.39. The van der Waals surface area contributed by atoms with E-state index in [4.69, 9.17) is 14.2 Å². The largest absolute Gasteiger partial charge is 0.507 e. The Labute approximate surface area is 192 Å². The van der Waals surface area contributed by atoms with Crippen LogP contribution < -0.4 is 14.2 Å². The number of rotatable bonds is 5. The Balaban J connectivity index is 1.64. The monoisotopic (exact) mass is 449 g/mol. The van der Waals surface area contributed by atoms with Crippen LogP contribution in [0, 0.1) is 0 Å². The highest BCUT2D eigenvalue weighted by Gasteiger charge is 2.49. The molecule has 0 aromatic heterocycles. The smallest absolute Gasteiger partial charge is 0.295 e. The fraction of sp³-hybridized carbons (Fsp3) is 0.385. The number of nitrogens with zero attached hydrogens (tertiary/aromatic N) is 1. The van der Waals surface area contributed by atoms with Gasteiger partial charge in [0.1, 0.15) is 11.5 Å². The highest BCUT2D eigenvalue weighted by Crippen LogP contribution is 2.45. The van der Waals surface area contributed by atoms with E-state index in [2.05, 4.69) is 0 Å². The molecule has 2 aromatic rings. The molecule has 1 unspecified atom stereocenters. The minimum Gasteiger partial charge on any atom is -0.507 e. The summed E-state index contributed by atoms with van der Waals surface area (Å²) in [6.07, 6.45) is 3.69. The van der Waals surface area contributed by atoms with Crippen molar-refractivity contribution in [1.29, 1.82) is 0 Å². The number of carbonyl (C=O) groups is 2. The molecule has 1 N–H and O–H groups in total. The number of carbonyl (C=O) groups excluding carboxylic acids is 2. The van der Waals surface area contributed by atoms with E-state index >= 15 is 0 Å². The number of likely N-dealkylation sites (tertiary alicyclic amines) is 1. The van der Waals surface area contributed by atoms with Gasteiger partial charge in [-0.05, 0) is 62.6 Å². The summed E-state index contributed by atoms with van der Waals surface area (Å²) >= 11 is 0. The molecule has 2 fully saturated rings. The fourth-order valence-electron chi connectivity index (χ4n) is 4.97. The van der Waals surface area contributed by atoms with Gasteiger partial charge in [-0.1, -0.05) is 25.0 Å². The topological polar surface area (TPSA) is 85.3 Å². The van der Waals surface area contributed by atoms with Gasteiger partial charge in [0.15, 0.2) is 11.5 Å². The molecule has 7 heteroatoms. The lowest BCUT2D eigenvalue weighted by atomic mass is 9.94.